The molecule has 1 fully saturated rings. The van der Waals surface area contributed by atoms with Crippen LogP contribution >= 0.6 is 0 Å². The molecule has 1 aromatic heterocycles. The van der Waals surface area contributed by atoms with Gasteiger partial charge in [0.2, 0.25) is 0 Å². The summed E-state index contributed by atoms with van der Waals surface area (Å²) in [6.45, 7) is 4.24. The minimum atomic E-state index is -0.446. The van der Waals surface area contributed by atoms with Crippen molar-refractivity contribution in [3.63, 3.8) is 0 Å². The summed E-state index contributed by atoms with van der Waals surface area (Å²) < 4.78 is 16.2. The number of halogens is 1. The predicted octanol–water partition coefficient (Wildman–Crippen LogP) is 4.47. The molecule has 0 atom stereocenters. The first-order valence-corrected chi connectivity index (χ1v) is 10.2. The number of benzene rings is 2. The van der Waals surface area contributed by atoms with Crippen LogP contribution in [0, 0.1) is 18.7 Å². The van der Waals surface area contributed by atoms with E-state index in [2.05, 4.69) is 40.7 Å². The van der Waals surface area contributed by atoms with Gasteiger partial charge >= 0.3 is 0 Å². The summed E-state index contributed by atoms with van der Waals surface area (Å²) in [7, 11) is 0. The van der Waals surface area contributed by atoms with Gasteiger partial charge in [0.15, 0.2) is 0 Å². The van der Waals surface area contributed by atoms with Crippen LogP contribution in [-0.4, -0.2) is 33.4 Å². The third-order valence-electron chi connectivity index (χ3n) is 5.80. The average molecular weight is 391 g/mol. The van der Waals surface area contributed by atoms with E-state index in [1.165, 1.54) is 11.6 Å². The molecule has 0 bridgehead atoms. The molecule has 0 aliphatic carbocycles. The van der Waals surface area contributed by atoms with Gasteiger partial charge in [0, 0.05) is 37.9 Å². The normalized spacial score (nSPS) is 14.9. The Morgan fingerprint density at radius 3 is 2.48 bits per heavy atom. The Balaban J connectivity index is 1.38. The lowest BCUT2D eigenvalue weighted by Gasteiger charge is -2.32. The van der Waals surface area contributed by atoms with E-state index >= 15 is 0 Å². The number of aromatic nitrogens is 2. The van der Waals surface area contributed by atoms with Crippen LogP contribution in [0.3, 0.4) is 0 Å². The van der Waals surface area contributed by atoms with E-state index in [4.69, 9.17) is 0 Å². The van der Waals surface area contributed by atoms with Gasteiger partial charge in [0.1, 0.15) is 11.6 Å². The van der Waals surface area contributed by atoms with Crippen LogP contribution in [0.1, 0.15) is 40.3 Å². The Morgan fingerprint density at radius 1 is 1.07 bits per heavy atom. The molecule has 150 valence electrons. The molecule has 1 aliphatic heterocycles. The number of nitrogens with zero attached hydrogens (tertiary/aromatic N) is 3. The molecular weight excluding hydrogens is 365 g/mol. The van der Waals surface area contributed by atoms with Crippen LogP contribution in [0.25, 0.3) is 0 Å². The van der Waals surface area contributed by atoms with E-state index < -0.39 is 5.82 Å². The number of carbonyl (C=O) groups excluding carboxylic acids is 1. The van der Waals surface area contributed by atoms with Crippen molar-refractivity contribution < 1.29 is 9.18 Å². The molecule has 4 rings (SSSR count). The number of rotatable bonds is 5. The zero-order valence-corrected chi connectivity index (χ0v) is 16.7. The second-order valence-corrected chi connectivity index (χ2v) is 7.81. The van der Waals surface area contributed by atoms with Crippen LogP contribution < -0.4 is 0 Å². The molecule has 1 amide bonds. The van der Waals surface area contributed by atoms with E-state index in [-0.39, 0.29) is 11.5 Å². The summed E-state index contributed by atoms with van der Waals surface area (Å²) in [5.41, 5.74) is 2.59. The SMILES string of the molecule is Cc1cnc(CC2CCN(C(=O)c3ccccc3F)CC2)n1Cc1ccccc1. The monoisotopic (exact) mass is 391 g/mol. The number of piperidine rings is 1. The molecule has 29 heavy (non-hydrogen) atoms. The highest BCUT2D eigenvalue weighted by Crippen LogP contribution is 2.24. The number of amides is 1. The molecule has 1 saturated heterocycles. The Hall–Kier alpha value is -2.95. The maximum Gasteiger partial charge on any atom is 0.256 e. The number of hydrogen-bond acceptors (Lipinski definition) is 2. The highest BCUT2D eigenvalue weighted by Gasteiger charge is 2.26. The summed E-state index contributed by atoms with van der Waals surface area (Å²) >= 11 is 0. The summed E-state index contributed by atoms with van der Waals surface area (Å²) in [6.07, 6.45) is 4.67. The summed E-state index contributed by atoms with van der Waals surface area (Å²) in [4.78, 5) is 19.0. The maximum absolute atomic E-state index is 13.9. The second kappa shape index (κ2) is 8.60. The quantitative estimate of drug-likeness (QED) is 0.643. The lowest BCUT2D eigenvalue weighted by Crippen LogP contribution is -2.39. The molecule has 5 heteroatoms. The third-order valence-corrected chi connectivity index (χ3v) is 5.80. The molecular formula is C24H26FN3O. The van der Waals surface area contributed by atoms with Crippen molar-refractivity contribution in [1.29, 1.82) is 0 Å². The predicted molar refractivity (Wildman–Crippen MR) is 111 cm³/mol. The Kier molecular flexibility index (Phi) is 5.74. The van der Waals surface area contributed by atoms with Crippen LogP contribution in [0.15, 0.2) is 60.8 Å². The molecule has 0 spiro atoms. The van der Waals surface area contributed by atoms with E-state index in [1.807, 2.05) is 12.3 Å². The lowest BCUT2D eigenvalue weighted by atomic mass is 9.92. The lowest BCUT2D eigenvalue weighted by molar-refractivity contribution is 0.0685. The minimum absolute atomic E-state index is 0.167. The molecule has 0 unspecified atom stereocenters. The molecule has 2 aromatic carbocycles. The van der Waals surface area contributed by atoms with Gasteiger partial charge in [0.25, 0.3) is 5.91 Å². The van der Waals surface area contributed by atoms with Crippen LogP contribution in [0.4, 0.5) is 4.39 Å². The molecule has 0 saturated carbocycles. The Bertz CT molecular complexity index is 975. The van der Waals surface area contributed by atoms with Crippen molar-refractivity contribution >= 4 is 5.91 Å². The topological polar surface area (TPSA) is 38.1 Å². The first-order chi connectivity index (χ1) is 14.1. The van der Waals surface area contributed by atoms with Crippen molar-refractivity contribution in [2.24, 2.45) is 5.92 Å². The van der Waals surface area contributed by atoms with Gasteiger partial charge in [0.05, 0.1) is 5.56 Å². The van der Waals surface area contributed by atoms with Crippen LogP contribution in [0.5, 0.6) is 0 Å². The molecule has 0 radical (unpaired) electrons. The van der Waals surface area contributed by atoms with Crippen molar-refractivity contribution in [1.82, 2.24) is 14.5 Å². The fourth-order valence-electron chi connectivity index (χ4n) is 4.06. The highest BCUT2D eigenvalue weighted by molar-refractivity contribution is 5.94. The van der Waals surface area contributed by atoms with E-state index in [0.717, 1.165) is 37.3 Å². The van der Waals surface area contributed by atoms with Gasteiger partial charge in [-0.15, -0.1) is 0 Å². The van der Waals surface area contributed by atoms with Crippen LogP contribution in [-0.2, 0) is 13.0 Å². The summed E-state index contributed by atoms with van der Waals surface area (Å²) in [5.74, 6) is 0.933. The van der Waals surface area contributed by atoms with Crippen molar-refractivity contribution in [2.45, 2.75) is 32.7 Å². The molecule has 3 aromatic rings. The maximum atomic E-state index is 13.9. The Labute approximate surface area is 171 Å². The average Bonchev–Trinajstić information content (AvgIpc) is 3.08. The third kappa shape index (κ3) is 4.39. The van der Waals surface area contributed by atoms with Crippen LogP contribution in [0.2, 0.25) is 0 Å². The molecule has 1 aliphatic rings. The van der Waals surface area contributed by atoms with Gasteiger partial charge in [-0.05, 0) is 43.4 Å². The highest BCUT2D eigenvalue weighted by atomic mass is 19.1. The zero-order chi connectivity index (χ0) is 20.2. The summed E-state index contributed by atoms with van der Waals surface area (Å²) in [6, 6.07) is 16.6. The molecule has 2 heterocycles. The fraction of sp³-hybridized carbons (Fsp3) is 0.333. The number of likely N-dealkylation sites (tertiary alicyclic amines) is 1. The zero-order valence-electron chi connectivity index (χ0n) is 16.7. The number of hydrogen-bond donors (Lipinski definition) is 0. The standard InChI is InChI=1S/C24H26FN3O/c1-18-16-26-23(28(18)17-20-7-3-2-4-8-20)15-19-11-13-27(14-12-19)24(29)21-9-5-6-10-22(21)25/h2-10,16,19H,11-15,17H2,1H3. The van der Waals surface area contributed by atoms with Gasteiger partial charge < -0.3 is 9.47 Å². The first-order valence-electron chi connectivity index (χ1n) is 10.2. The van der Waals surface area contributed by atoms with E-state index in [0.29, 0.717) is 19.0 Å². The molecule has 0 N–H and O–H groups in total. The number of aryl methyl sites for hydroxylation is 1. The number of carbonyl (C=O) groups is 1. The van der Waals surface area contributed by atoms with Gasteiger partial charge in [-0.25, -0.2) is 9.37 Å². The first kappa shape index (κ1) is 19.4. The molecule has 4 nitrogen and oxygen atoms in total. The van der Waals surface area contributed by atoms with E-state index in [1.54, 1.807) is 23.1 Å². The smallest absolute Gasteiger partial charge is 0.256 e. The van der Waals surface area contributed by atoms with Gasteiger partial charge in [-0.3, -0.25) is 4.79 Å². The van der Waals surface area contributed by atoms with Crippen molar-refractivity contribution in [3.05, 3.63) is 89.3 Å². The second-order valence-electron chi connectivity index (χ2n) is 7.81. The van der Waals surface area contributed by atoms with Gasteiger partial charge in [-0.2, -0.15) is 0 Å². The van der Waals surface area contributed by atoms with Gasteiger partial charge in [-0.1, -0.05) is 42.5 Å². The van der Waals surface area contributed by atoms with Crippen molar-refractivity contribution in [3.8, 4) is 0 Å². The fourth-order valence-corrected chi connectivity index (χ4v) is 4.06. The number of imidazole rings is 1. The van der Waals surface area contributed by atoms with Crippen molar-refractivity contribution in [2.75, 3.05) is 13.1 Å². The van der Waals surface area contributed by atoms with E-state index in [9.17, 15) is 9.18 Å². The Morgan fingerprint density at radius 2 is 1.76 bits per heavy atom. The summed E-state index contributed by atoms with van der Waals surface area (Å²) in [5, 5.41) is 0. The minimum Gasteiger partial charge on any atom is -0.339 e. The largest absolute Gasteiger partial charge is 0.339 e.